The van der Waals surface area contributed by atoms with E-state index in [1.807, 2.05) is 11.8 Å². The Hall–Kier alpha value is 0.270. The van der Waals surface area contributed by atoms with Gasteiger partial charge in [0.25, 0.3) is 0 Å². The highest BCUT2D eigenvalue weighted by Crippen LogP contribution is 2.25. The number of thioether (sulfide) groups is 1. The standard InChI is InChI=1S/C14H30N2S/c1-5-13(11-17-4)16(3)10-12-8-6-7-9-14(12)15-2/h12-15H,5-11H2,1-4H3. The average Bonchev–Trinajstić information content (AvgIpc) is 2.36. The van der Waals surface area contributed by atoms with E-state index in [9.17, 15) is 0 Å². The van der Waals surface area contributed by atoms with Gasteiger partial charge in [0, 0.05) is 24.4 Å². The molecule has 102 valence electrons. The zero-order valence-electron chi connectivity index (χ0n) is 12.0. The fourth-order valence-corrected chi connectivity index (χ4v) is 3.95. The first-order chi connectivity index (χ1) is 8.22. The second-order valence-electron chi connectivity index (χ2n) is 5.40. The Morgan fingerprint density at radius 2 is 2.06 bits per heavy atom. The lowest BCUT2D eigenvalue weighted by atomic mass is 9.84. The highest BCUT2D eigenvalue weighted by atomic mass is 32.2. The Morgan fingerprint density at radius 1 is 1.35 bits per heavy atom. The summed E-state index contributed by atoms with van der Waals surface area (Å²) in [6.45, 7) is 3.58. The van der Waals surface area contributed by atoms with Gasteiger partial charge >= 0.3 is 0 Å². The Labute approximate surface area is 112 Å². The van der Waals surface area contributed by atoms with Gasteiger partial charge in [-0.1, -0.05) is 19.8 Å². The molecule has 0 saturated heterocycles. The Kier molecular flexibility index (Phi) is 7.56. The van der Waals surface area contributed by atoms with Crippen LogP contribution in [-0.2, 0) is 0 Å². The molecule has 17 heavy (non-hydrogen) atoms. The van der Waals surface area contributed by atoms with Crippen molar-refractivity contribution in [2.45, 2.75) is 51.1 Å². The SMILES string of the molecule is CCC(CSC)N(C)CC1CCCCC1NC. The van der Waals surface area contributed by atoms with Crippen molar-refractivity contribution in [3.05, 3.63) is 0 Å². The quantitative estimate of drug-likeness (QED) is 0.756. The van der Waals surface area contributed by atoms with Gasteiger partial charge in [-0.25, -0.2) is 0 Å². The van der Waals surface area contributed by atoms with Crippen molar-refractivity contribution in [2.24, 2.45) is 5.92 Å². The van der Waals surface area contributed by atoms with Crippen LogP contribution in [0.1, 0.15) is 39.0 Å². The maximum absolute atomic E-state index is 3.52. The topological polar surface area (TPSA) is 15.3 Å². The molecule has 0 heterocycles. The molecule has 1 aliphatic rings. The molecule has 3 atom stereocenters. The molecular formula is C14H30N2S. The second kappa shape index (κ2) is 8.39. The maximum Gasteiger partial charge on any atom is 0.0180 e. The number of nitrogens with zero attached hydrogens (tertiary/aromatic N) is 1. The molecule has 2 nitrogen and oxygen atoms in total. The van der Waals surface area contributed by atoms with E-state index in [2.05, 4.69) is 37.5 Å². The van der Waals surface area contributed by atoms with Crippen molar-refractivity contribution >= 4 is 11.8 Å². The number of nitrogens with one attached hydrogen (secondary N) is 1. The summed E-state index contributed by atoms with van der Waals surface area (Å²) < 4.78 is 0. The lowest BCUT2D eigenvalue weighted by molar-refractivity contribution is 0.164. The van der Waals surface area contributed by atoms with E-state index >= 15 is 0 Å². The zero-order chi connectivity index (χ0) is 12.7. The van der Waals surface area contributed by atoms with Gasteiger partial charge in [0.05, 0.1) is 0 Å². The fraction of sp³-hybridized carbons (Fsp3) is 1.00. The highest BCUT2D eigenvalue weighted by molar-refractivity contribution is 7.98. The van der Waals surface area contributed by atoms with Crippen LogP contribution in [0, 0.1) is 5.92 Å². The van der Waals surface area contributed by atoms with Crippen molar-refractivity contribution in [1.29, 1.82) is 0 Å². The van der Waals surface area contributed by atoms with Crippen molar-refractivity contribution < 1.29 is 0 Å². The Bertz CT molecular complexity index is 199. The van der Waals surface area contributed by atoms with Crippen LogP contribution in [0.25, 0.3) is 0 Å². The van der Waals surface area contributed by atoms with E-state index in [1.165, 1.54) is 44.4 Å². The number of hydrogen-bond acceptors (Lipinski definition) is 3. The van der Waals surface area contributed by atoms with Crippen molar-refractivity contribution in [2.75, 3.05) is 32.6 Å². The maximum atomic E-state index is 3.52. The summed E-state index contributed by atoms with van der Waals surface area (Å²) in [6, 6.07) is 1.50. The molecule has 3 heteroatoms. The van der Waals surface area contributed by atoms with Gasteiger partial charge < -0.3 is 10.2 Å². The summed E-state index contributed by atoms with van der Waals surface area (Å²) >= 11 is 1.97. The van der Waals surface area contributed by atoms with Crippen LogP contribution >= 0.6 is 11.8 Å². The minimum atomic E-state index is 0.748. The van der Waals surface area contributed by atoms with Gasteiger partial charge in [-0.2, -0.15) is 11.8 Å². The van der Waals surface area contributed by atoms with Crippen molar-refractivity contribution in [3.8, 4) is 0 Å². The number of rotatable bonds is 7. The molecule has 0 radical (unpaired) electrons. The normalized spacial score (nSPS) is 27.4. The third kappa shape index (κ3) is 4.80. The minimum absolute atomic E-state index is 0.748. The van der Waals surface area contributed by atoms with E-state index in [1.54, 1.807) is 0 Å². The Morgan fingerprint density at radius 3 is 2.65 bits per heavy atom. The van der Waals surface area contributed by atoms with E-state index in [-0.39, 0.29) is 0 Å². The van der Waals surface area contributed by atoms with Crippen molar-refractivity contribution in [3.63, 3.8) is 0 Å². The van der Waals surface area contributed by atoms with Gasteiger partial charge in [-0.15, -0.1) is 0 Å². The summed E-state index contributed by atoms with van der Waals surface area (Å²) in [6.07, 6.45) is 9.10. The molecule has 3 unspecified atom stereocenters. The summed E-state index contributed by atoms with van der Waals surface area (Å²) in [5, 5.41) is 3.52. The van der Waals surface area contributed by atoms with Crippen LogP contribution in [0.15, 0.2) is 0 Å². The second-order valence-corrected chi connectivity index (χ2v) is 6.31. The molecule has 1 N–H and O–H groups in total. The first-order valence-electron chi connectivity index (χ1n) is 7.09. The summed E-state index contributed by atoms with van der Waals surface area (Å²) in [7, 11) is 4.44. The van der Waals surface area contributed by atoms with E-state index in [0.29, 0.717) is 0 Å². The zero-order valence-corrected chi connectivity index (χ0v) is 12.9. The van der Waals surface area contributed by atoms with E-state index in [4.69, 9.17) is 0 Å². The highest BCUT2D eigenvalue weighted by Gasteiger charge is 2.26. The van der Waals surface area contributed by atoms with Gasteiger partial charge in [-0.3, -0.25) is 0 Å². The number of hydrogen-bond donors (Lipinski definition) is 1. The summed E-state index contributed by atoms with van der Waals surface area (Å²) in [4.78, 5) is 2.59. The van der Waals surface area contributed by atoms with Crippen LogP contribution in [0.2, 0.25) is 0 Å². The predicted molar refractivity (Wildman–Crippen MR) is 79.9 cm³/mol. The Balaban J connectivity index is 2.44. The third-order valence-corrected chi connectivity index (χ3v) is 4.97. The smallest absolute Gasteiger partial charge is 0.0180 e. The van der Waals surface area contributed by atoms with Gasteiger partial charge in [0.1, 0.15) is 0 Å². The molecule has 1 saturated carbocycles. The molecule has 0 amide bonds. The predicted octanol–water partition coefficient (Wildman–Crippen LogP) is 2.84. The van der Waals surface area contributed by atoms with Crippen LogP contribution in [0.3, 0.4) is 0 Å². The first kappa shape index (κ1) is 15.3. The lowest BCUT2D eigenvalue weighted by Crippen LogP contribution is -2.45. The summed E-state index contributed by atoms with van der Waals surface area (Å²) in [5.74, 6) is 2.12. The molecule has 1 aliphatic carbocycles. The molecule has 1 fully saturated rings. The van der Waals surface area contributed by atoms with E-state index < -0.39 is 0 Å². The first-order valence-corrected chi connectivity index (χ1v) is 8.48. The third-order valence-electron chi connectivity index (χ3n) is 4.26. The van der Waals surface area contributed by atoms with Crippen LogP contribution in [-0.4, -0.2) is 49.6 Å². The summed E-state index contributed by atoms with van der Waals surface area (Å²) in [5.41, 5.74) is 0. The average molecular weight is 258 g/mol. The molecule has 0 aromatic heterocycles. The monoisotopic (exact) mass is 258 g/mol. The van der Waals surface area contributed by atoms with Crippen LogP contribution in [0.4, 0.5) is 0 Å². The van der Waals surface area contributed by atoms with E-state index in [0.717, 1.165) is 18.0 Å². The minimum Gasteiger partial charge on any atom is -0.317 e. The van der Waals surface area contributed by atoms with Crippen molar-refractivity contribution in [1.82, 2.24) is 10.2 Å². The van der Waals surface area contributed by atoms with Gasteiger partial charge in [-0.05, 0) is 45.5 Å². The molecule has 0 aliphatic heterocycles. The van der Waals surface area contributed by atoms with Gasteiger partial charge in [0.2, 0.25) is 0 Å². The molecule has 0 aromatic carbocycles. The molecule has 1 rings (SSSR count). The largest absolute Gasteiger partial charge is 0.317 e. The van der Waals surface area contributed by atoms with Gasteiger partial charge in [0.15, 0.2) is 0 Å². The molecule has 0 spiro atoms. The van der Waals surface area contributed by atoms with Crippen LogP contribution < -0.4 is 5.32 Å². The fourth-order valence-electron chi connectivity index (χ4n) is 3.07. The van der Waals surface area contributed by atoms with Crippen LogP contribution in [0.5, 0.6) is 0 Å². The lowest BCUT2D eigenvalue weighted by Gasteiger charge is -2.36. The molecular weight excluding hydrogens is 228 g/mol. The molecule has 0 aromatic rings. The molecule has 0 bridgehead atoms.